The van der Waals surface area contributed by atoms with Crippen LogP contribution in [0.5, 0.6) is 0 Å². The largest absolute Gasteiger partial charge is 0.379 e. The van der Waals surface area contributed by atoms with Gasteiger partial charge >= 0.3 is 0 Å². The number of morpholine rings is 1. The van der Waals surface area contributed by atoms with E-state index >= 15 is 0 Å². The van der Waals surface area contributed by atoms with Gasteiger partial charge in [0.25, 0.3) is 0 Å². The van der Waals surface area contributed by atoms with E-state index in [9.17, 15) is 16.8 Å². The van der Waals surface area contributed by atoms with Gasteiger partial charge < -0.3 is 4.74 Å². The number of rotatable bonds is 7. The molecular formula is C17H24Cl2N2O5S2. The van der Waals surface area contributed by atoms with Gasteiger partial charge in [0, 0.05) is 30.7 Å². The average molecular weight is 471 g/mol. The van der Waals surface area contributed by atoms with Crippen molar-refractivity contribution in [1.82, 2.24) is 9.21 Å². The topological polar surface area (TPSA) is 84.0 Å². The van der Waals surface area contributed by atoms with Gasteiger partial charge in [-0.1, -0.05) is 23.2 Å². The number of benzene rings is 1. The van der Waals surface area contributed by atoms with E-state index in [1.807, 2.05) is 0 Å². The molecule has 7 nitrogen and oxygen atoms in total. The minimum atomic E-state index is -3.98. The van der Waals surface area contributed by atoms with Crippen molar-refractivity contribution in [3.8, 4) is 0 Å². The Balaban J connectivity index is 1.81. The lowest BCUT2D eigenvalue weighted by atomic mass is 10.2. The second-order valence-corrected chi connectivity index (χ2v) is 12.0. The van der Waals surface area contributed by atoms with Crippen molar-refractivity contribution in [2.24, 2.45) is 0 Å². The number of nitrogens with zero attached hydrogens (tertiary/aromatic N) is 2. The maximum atomic E-state index is 13.3. The van der Waals surface area contributed by atoms with Crippen LogP contribution in [0.25, 0.3) is 0 Å². The molecule has 2 aliphatic rings. The van der Waals surface area contributed by atoms with Crippen molar-refractivity contribution in [3.63, 3.8) is 0 Å². The SMILES string of the molecule is O=S1(=O)CCC(N(CCCN2CCOCC2)S(=O)(=O)c2cc(Cl)ccc2Cl)C1. The van der Waals surface area contributed by atoms with Crippen LogP contribution < -0.4 is 0 Å². The molecule has 28 heavy (non-hydrogen) atoms. The van der Waals surface area contributed by atoms with Gasteiger partial charge in [0.15, 0.2) is 9.84 Å². The summed E-state index contributed by atoms with van der Waals surface area (Å²) in [5.41, 5.74) is 0. The Morgan fingerprint density at radius 2 is 1.93 bits per heavy atom. The number of hydrogen-bond acceptors (Lipinski definition) is 6. The highest BCUT2D eigenvalue weighted by molar-refractivity contribution is 7.92. The summed E-state index contributed by atoms with van der Waals surface area (Å²) >= 11 is 12.1. The van der Waals surface area contributed by atoms with Gasteiger partial charge in [0.2, 0.25) is 10.0 Å². The summed E-state index contributed by atoms with van der Waals surface area (Å²) < 4.78 is 57.2. The van der Waals surface area contributed by atoms with Gasteiger partial charge in [0.05, 0.1) is 29.7 Å². The summed E-state index contributed by atoms with van der Waals surface area (Å²) in [6, 6.07) is 3.69. The van der Waals surface area contributed by atoms with Crippen LogP contribution in [0, 0.1) is 0 Å². The highest BCUT2D eigenvalue weighted by Crippen LogP contribution is 2.31. The van der Waals surface area contributed by atoms with Gasteiger partial charge in [-0.3, -0.25) is 4.90 Å². The van der Waals surface area contributed by atoms with Crippen LogP contribution >= 0.6 is 23.2 Å². The first kappa shape index (κ1) is 22.3. The number of halogens is 2. The quantitative estimate of drug-likeness (QED) is 0.604. The first-order valence-corrected chi connectivity index (χ1v) is 13.2. The fourth-order valence-corrected chi connectivity index (χ4v) is 7.83. The Morgan fingerprint density at radius 1 is 1.21 bits per heavy atom. The zero-order valence-electron chi connectivity index (χ0n) is 15.4. The van der Waals surface area contributed by atoms with Crippen molar-refractivity contribution in [2.75, 3.05) is 50.9 Å². The summed E-state index contributed by atoms with van der Waals surface area (Å²) in [4.78, 5) is 2.13. The number of ether oxygens (including phenoxy) is 1. The van der Waals surface area contributed by atoms with Crippen LogP contribution in [0.4, 0.5) is 0 Å². The maximum Gasteiger partial charge on any atom is 0.244 e. The van der Waals surface area contributed by atoms with E-state index in [1.165, 1.54) is 22.5 Å². The summed E-state index contributed by atoms with van der Waals surface area (Å²) in [7, 11) is -7.22. The number of sulfone groups is 1. The Morgan fingerprint density at radius 3 is 2.57 bits per heavy atom. The molecule has 0 amide bonds. The van der Waals surface area contributed by atoms with Gasteiger partial charge in [-0.2, -0.15) is 4.31 Å². The number of hydrogen-bond donors (Lipinski definition) is 0. The van der Waals surface area contributed by atoms with E-state index < -0.39 is 25.9 Å². The molecule has 1 aromatic carbocycles. The third-order valence-electron chi connectivity index (χ3n) is 5.05. The van der Waals surface area contributed by atoms with Crippen molar-refractivity contribution >= 4 is 43.1 Å². The van der Waals surface area contributed by atoms with Crippen LogP contribution in [0.1, 0.15) is 12.8 Å². The molecule has 0 saturated carbocycles. The highest BCUT2D eigenvalue weighted by atomic mass is 35.5. The normalized spacial score (nSPS) is 23.3. The molecule has 11 heteroatoms. The molecule has 2 fully saturated rings. The van der Waals surface area contributed by atoms with E-state index in [-0.39, 0.29) is 39.4 Å². The van der Waals surface area contributed by atoms with Crippen molar-refractivity contribution in [1.29, 1.82) is 0 Å². The highest BCUT2D eigenvalue weighted by Gasteiger charge is 2.39. The molecule has 2 saturated heterocycles. The first-order chi connectivity index (χ1) is 13.2. The summed E-state index contributed by atoms with van der Waals surface area (Å²) in [6.45, 7) is 3.90. The van der Waals surface area contributed by atoms with E-state index in [1.54, 1.807) is 0 Å². The molecule has 0 aliphatic carbocycles. The lowest BCUT2D eigenvalue weighted by Gasteiger charge is -2.30. The molecule has 0 N–H and O–H groups in total. The molecule has 2 aliphatic heterocycles. The predicted molar refractivity (Wildman–Crippen MR) is 109 cm³/mol. The molecule has 3 rings (SSSR count). The van der Waals surface area contributed by atoms with Gasteiger partial charge in [0.1, 0.15) is 4.90 Å². The van der Waals surface area contributed by atoms with Gasteiger partial charge in [-0.25, -0.2) is 16.8 Å². The second-order valence-electron chi connectivity index (χ2n) is 7.05. The van der Waals surface area contributed by atoms with E-state index in [2.05, 4.69) is 4.90 Å². The molecule has 0 radical (unpaired) electrons. The van der Waals surface area contributed by atoms with E-state index in [4.69, 9.17) is 27.9 Å². The Kier molecular flexibility index (Phi) is 7.28. The molecule has 1 aromatic rings. The molecule has 0 bridgehead atoms. The predicted octanol–water partition coefficient (Wildman–Crippen LogP) is 1.89. The summed E-state index contributed by atoms with van der Waals surface area (Å²) in [5, 5.41) is 0.332. The van der Waals surface area contributed by atoms with E-state index in [0.717, 1.165) is 19.6 Å². The Labute approximate surface area is 176 Å². The van der Waals surface area contributed by atoms with E-state index in [0.29, 0.717) is 19.6 Å². The second kappa shape index (κ2) is 9.16. The zero-order chi connectivity index (χ0) is 20.4. The van der Waals surface area contributed by atoms with Crippen LogP contribution in [0.3, 0.4) is 0 Å². The first-order valence-electron chi connectivity index (χ1n) is 9.16. The third-order valence-corrected chi connectivity index (χ3v) is 9.47. The van der Waals surface area contributed by atoms with Gasteiger partial charge in [-0.15, -0.1) is 0 Å². The van der Waals surface area contributed by atoms with Crippen LogP contribution in [0.2, 0.25) is 10.0 Å². The Hall–Kier alpha value is -0.420. The van der Waals surface area contributed by atoms with Crippen molar-refractivity contribution in [2.45, 2.75) is 23.8 Å². The van der Waals surface area contributed by atoms with Crippen LogP contribution in [-0.4, -0.2) is 83.0 Å². The molecule has 0 aromatic heterocycles. The summed E-state index contributed by atoms with van der Waals surface area (Å²) in [6.07, 6.45) is 0.880. The smallest absolute Gasteiger partial charge is 0.244 e. The van der Waals surface area contributed by atoms with Crippen LogP contribution in [0.15, 0.2) is 23.1 Å². The zero-order valence-corrected chi connectivity index (χ0v) is 18.5. The summed E-state index contributed by atoms with van der Waals surface area (Å²) in [5.74, 6) is -0.168. The maximum absolute atomic E-state index is 13.3. The lowest BCUT2D eigenvalue weighted by molar-refractivity contribution is 0.0367. The van der Waals surface area contributed by atoms with Crippen molar-refractivity contribution < 1.29 is 21.6 Å². The molecule has 158 valence electrons. The number of sulfonamides is 1. The molecule has 1 unspecified atom stereocenters. The monoisotopic (exact) mass is 470 g/mol. The molecule has 0 spiro atoms. The standard InChI is InChI=1S/C17H24Cl2N2O5S2/c18-14-2-3-16(19)17(12-14)28(24,25)21(15-4-11-27(22,23)13-15)6-1-5-20-7-9-26-10-8-20/h2-3,12,15H,1,4-11,13H2. The third kappa shape index (κ3) is 5.38. The molecule has 2 heterocycles. The Bertz CT molecular complexity index is 902. The van der Waals surface area contributed by atoms with Crippen LogP contribution in [-0.2, 0) is 24.6 Å². The molecular weight excluding hydrogens is 447 g/mol. The molecule has 1 atom stereocenters. The minimum absolute atomic E-state index is 0.00354. The minimum Gasteiger partial charge on any atom is -0.379 e. The fraction of sp³-hybridized carbons (Fsp3) is 0.647. The lowest BCUT2D eigenvalue weighted by Crippen LogP contribution is -2.43. The van der Waals surface area contributed by atoms with Crippen molar-refractivity contribution in [3.05, 3.63) is 28.2 Å². The fourth-order valence-electron chi connectivity index (χ4n) is 3.58. The van der Waals surface area contributed by atoms with Gasteiger partial charge in [-0.05, 0) is 37.6 Å². The average Bonchev–Trinajstić information content (AvgIpc) is 3.00.